The zero-order chi connectivity index (χ0) is 7.86. The third-order valence-electron chi connectivity index (χ3n) is 0.183. The summed E-state index contributed by atoms with van der Waals surface area (Å²) in [7, 11) is 0. The Labute approximate surface area is 55.3 Å². The molecule has 0 radical (unpaired) electrons. The van der Waals surface area contributed by atoms with Crippen LogP contribution in [0.15, 0.2) is 0 Å². The number of hydrogen-bond donors (Lipinski definition) is 4. The van der Waals surface area contributed by atoms with Crippen molar-refractivity contribution in [3.63, 3.8) is 0 Å². The van der Waals surface area contributed by atoms with Gasteiger partial charge in [0.05, 0.1) is 0 Å². The van der Waals surface area contributed by atoms with Gasteiger partial charge in [0, 0.05) is 0 Å². The van der Waals surface area contributed by atoms with Crippen molar-refractivity contribution in [3.05, 3.63) is 0 Å². The van der Waals surface area contributed by atoms with E-state index in [0.29, 0.717) is 0 Å². The van der Waals surface area contributed by atoms with Crippen molar-refractivity contribution in [2.75, 3.05) is 0 Å². The minimum atomic E-state index is -1.82. The lowest BCUT2D eigenvalue weighted by molar-refractivity contribution is -0.159. The zero-order valence-electron chi connectivity index (χ0n) is 4.17. The predicted octanol–water partition coefficient (Wildman–Crippen LogP) is -1.24. The van der Waals surface area contributed by atoms with Crippen LogP contribution in [-0.4, -0.2) is 22.2 Å². The molecule has 0 atom stereocenters. The fourth-order valence-corrected chi connectivity index (χ4v) is 0. The van der Waals surface area contributed by atoms with Gasteiger partial charge < -0.3 is 10.2 Å². The Morgan fingerprint density at radius 2 is 1.44 bits per heavy atom. The van der Waals surface area contributed by atoms with Gasteiger partial charge in [0.1, 0.15) is 0 Å². The van der Waals surface area contributed by atoms with E-state index in [4.69, 9.17) is 19.8 Å². The molecule has 0 aromatic heterocycles. The Morgan fingerprint density at radius 1 is 1.33 bits per heavy atom. The highest BCUT2D eigenvalue weighted by molar-refractivity contribution is 6.27. The van der Waals surface area contributed by atoms with Gasteiger partial charge in [-0.3, -0.25) is 5.84 Å². The molecule has 0 saturated heterocycles. The molecule has 0 amide bonds. The summed E-state index contributed by atoms with van der Waals surface area (Å²) >= 11 is 4.53. The third kappa shape index (κ3) is 19.1. The summed E-state index contributed by atoms with van der Waals surface area (Å²) in [6.45, 7) is 0. The van der Waals surface area contributed by atoms with Crippen LogP contribution in [0.25, 0.3) is 0 Å². The number of carboxylic acids is 2. The topological polar surface area (TPSA) is 113 Å². The molecule has 0 aliphatic rings. The molecule has 0 rings (SSSR count). The van der Waals surface area contributed by atoms with Crippen LogP contribution in [0.2, 0.25) is 0 Å². The van der Waals surface area contributed by atoms with Gasteiger partial charge in [0.25, 0.3) is 0 Å². The average Bonchev–Trinajstić information content (AvgIpc) is 1.68. The highest BCUT2D eigenvalue weighted by Crippen LogP contribution is 1.56. The van der Waals surface area contributed by atoms with Gasteiger partial charge in [0.15, 0.2) is 0 Å². The molecule has 0 aliphatic carbocycles. The second-order valence-electron chi connectivity index (χ2n) is 0.719. The van der Waals surface area contributed by atoms with Crippen LogP contribution in [0, 0.1) is 0 Å². The molecule has 9 heavy (non-hydrogen) atoms. The smallest absolute Gasteiger partial charge is 0.414 e. The Balaban J connectivity index is 0. The van der Waals surface area contributed by atoms with E-state index < -0.39 is 11.9 Å². The largest absolute Gasteiger partial charge is 0.473 e. The van der Waals surface area contributed by atoms with Crippen molar-refractivity contribution >= 4 is 23.7 Å². The van der Waals surface area contributed by atoms with Gasteiger partial charge in [-0.25, -0.2) is 9.59 Å². The molecular formula is C2H5ClN2O4. The quantitative estimate of drug-likeness (QED) is 0.151. The molecule has 0 aliphatic heterocycles. The number of carboxylic acid groups (broad SMARTS) is 2. The first-order chi connectivity index (χ1) is 4.06. The average molecular weight is 157 g/mol. The van der Waals surface area contributed by atoms with Crippen molar-refractivity contribution in [3.8, 4) is 0 Å². The van der Waals surface area contributed by atoms with Gasteiger partial charge in [-0.2, -0.15) is 4.94 Å². The van der Waals surface area contributed by atoms with Crippen LogP contribution in [0.1, 0.15) is 0 Å². The Kier molecular flexibility index (Phi) is 8.75. The normalized spacial score (nSPS) is 6.89. The van der Waals surface area contributed by atoms with Gasteiger partial charge in [0.2, 0.25) is 0 Å². The molecule has 54 valence electrons. The summed E-state index contributed by atoms with van der Waals surface area (Å²) in [5.41, 5.74) is 0. The highest BCUT2D eigenvalue weighted by Gasteiger charge is 2.04. The first-order valence-electron chi connectivity index (χ1n) is 1.58. The summed E-state index contributed by atoms with van der Waals surface area (Å²) in [4.78, 5) is 19.9. The lowest BCUT2D eigenvalue weighted by Gasteiger charge is -1.72. The summed E-state index contributed by atoms with van der Waals surface area (Å²) in [5, 5.41) is 14.8. The number of rotatable bonds is 0. The molecule has 0 unspecified atom stereocenters. The van der Waals surface area contributed by atoms with Crippen molar-refractivity contribution < 1.29 is 19.8 Å². The lowest BCUT2D eigenvalue weighted by atomic mass is 10.7. The van der Waals surface area contributed by atoms with Gasteiger partial charge >= 0.3 is 11.9 Å². The molecule has 6 nitrogen and oxygen atoms in total. The van der Waals surface area contributed by atoms with E-state index in [-0.39, 0.29) is 0 Å². The Morgan fingerprint density at radius 3 is 1.44 bits per heavy atom. The number of nitrogens with one attached hydrogen (secondary N) is 1. The minimum Gasteiger partial charge on any atom is -0.473 e. The molecular weight excluding hydrogens is 151 g/mol. The first kappa shape index (κ1) is 11.0. The summed E-state index contributed by atoms with van der Waals surface area (Å²) < 4.78 is 0. The van der Waals surface area contributed by atoms with E-state index in [1.165, 1.54) is 0 Å². The molecule has 0 aromatic rings. The molecule has 0 fully saturated rings. The second kappa shape index (κ2) is 7.15. The van der Waals surface area contributed by atoms with Crippen molar-refractivity contribution in [2.45, 2.75) is 0 Å². The van der Waals surface area contributed by atoms with E-state index in [1.54, 1.807) is 4.94 Å². The van der Waals surface area contributed by atoms with Gasteiger partial charge in [-0.15, -0.1) is 0 Å². The predicted molar refractivity (Wildman–Crippen MR) is 28.4 cm³/mol. The summed E-state index contributed by atoms with van der Waals surface area (Å²) in [6.07, 6.45) is 0. The maximum absolute atomic E-state index is 9.10. The number of aliphatic carboxylic acids is 2. The van der Waals surface area contributed by atoms with Crippen molar-refractivity contribution in [2.24, 2.45) is 5.84 Å². The van der Waals surface area contributed by atoms with E-state index in [9.17, 15) is 0 Å². The fraction of sp³-hybridized carbons (Fsp3) is 0. The standard InChI is InChI=1S/C2H2O4.ClH3N2/c3-1(4)2(5)6;1-3-2/h(H,3,4)(H,5,6);3H,2H2. The zero-order valence-corrected chi connectivity index (χ0v) is 4.92. The highest BCUT2D eigenvalue weighted by atomic mass is 35.5. The molecule has 0 aromatic carbocycles. The third-order valence-corrected chi connectivity index (χ3v) is 0.183. The fourth-order valence-electron chi connectivity index (χ4n) is 0. The SMILES string of the molecule is NNCl.O=C(O)C(=O)O. The number of hydrogen-bond acceptors (Lipinski definition) is 4. The summed E-state index contributed by atoms with van der Waals surface area (Å²) in [5.74, 6) is 0.715. The van der Waals surface area contributed by atoms with E-state index in [0.717, 1.165) is 0 Å². The minimum absolute atomic E-state index is 1.72. The summed E-state index contributed by atoms with van der Waals surface area (Å²) in [6, 6.07) is 0. The Hall–Kier alpha value is -0.850. The molecule has 0 spiro atoms. The van der Waals surface area contributed by atoms with E-state index >= 15 is 0 Å². The number of halogens is 1. The van der Waals surface area contributed by atoms with Crippen molar-refractivity contribution in [1.82, 2.24) is 4.94 Å². The van der Waals surface area contributed by atoms with E-state index in [1.807, 2.05) is 0 Å². The lowest BCUT2D eigenvalue weighted by Crippen LogP contribution is -2.09. The second-order valence-corrected chi connectivity index (χ2v) is 0.938. The number of hydrazine groups is 1. The van der Waals surface area contributed by atoms with Crippen LogP contribution in [-0.2, 0) is 9.59 Å². The molecule has 0 saturated carbocycles. The maximum Gasteiger partial charge on any atom is 0.414 e. The van der Waals surface area contributed by atoms with Crippen LogP contribution < -0.4 is 10.8 Å². The molecule has 5 N–H and O–H groups in total. The molecule has 0 heterocycles. The number of carbonyl (C=O) groups is 2. The monoisotopic (exact) mass is 156 g/mol. The van der Waals surface area contributed by atoms with Crippen LogP contribution in [0.3, 0.4) is 0 Å². The van der Waals surface area contributed by atoms with Crippen LogP contribution >= 0.6 is 11.8 Å². The van der Waals surface area contributed by atoms with Crippen LogP contribution in [0.4, 0.5) is 0 Å². The van der Waals surface area contributed by atoms with Crippen molar-refractivity contribution in [1.29, 1.82) is 0 Å². The van der Waals surface area contributed by atoms with Gasteiger partial charge in [-0.1, -0.05) is 0 Å². The van der Waals surface area contributed by atoms with Gasteiger partial charge in [-0.05, 0) is 11.8 Å². The molecule has 7 heteroatoms. The number of nitrogens with two attached hydrogens (primary N) is 1. The Bertz CT molecular complexity index is 92.7. The van der Waals surface area contributed by atoms with Crippen LogP contribution in [0.5, 0.6) is 0 Å². The maximum atomic E-state index is 9.10. The molecule has 0 bridgehead atoms. The van der Waals surface area contributed by atoms with E-state index in [2.05, 4.69) is 17.6 Å². The first-order valence-corrected chi connectivity index (χ1v) is 1.96.